The van der Waals surface area contributed by atoms with Crippen molar-refractivity contribution in [3.05, 3.63) is 0 Å². The van der Waals surface area contributed by atoms with Crippen LogP contribution in [0.15, 0.2) is 0 Å². The zero-order valence-electron chi connectivity index (χ0n) is 8.96. The zero-order valence-corrected chi connectivity index (χ0v) is 8.96. The average Bonchev–Trinajstić information content (AvgIpc) is 2.70. The fourth-order valence-corrected chi connectivity index (χ4v) is 2.52. The van der Waals surface area contributed by atoms with Gasteiger partial charge in [-0.05, 0) is 45.6 Å². The van der Waals surface area contributed by atoms with Crippen molar-refractivity contribution in [1.82, 2.24) is 10.2 Å². The zero-order chi connectivity index (χ0) is 9.97. The molecule has 2 heterocycles. The van der Waals surface area contributed by atoms with E-state index in [1.807, 2.05) is 0 Å². The van der Waals surface area contributed by atoms with E-state index in [-0.39, 0.29) is 6.04 Å². The first kappa shape index (κ1) is 9.97. The van der Waals surface area contributed by atoms with Crippen LogP contribution in [0, 0.1) is 0 Å². The molecule has 2 aliphatic rings. The van der Waals surface area contributed by atoms with Crippen molar-refractivity contribution in [3.8, 4) is 0 Å². The summed E-state index contributed by atoms with van der Waals surface area (Å²) in [6.07, 6.45) is 5.82. The van der Waals surface area contributed by atoms with Gasteiger partial charge in [0.1, 0.15) is 0 Å². The maximum absolute atomic E-state index is 12.1. The highest BCUT2D eigenvalue weighted by Crippen LogP contribution is 2.19. The van der Waals surface area contributed by atoms with E-state index in [1.54, 1.807) is 0 Å². The number of carbonyl (C=O) groups excluding carboxylic acids is 1. The van der Waals surface area contributed by atoms with Gasteiger partial charge < -0.3 is 10.2 Å². The number of amides is 1. The summed E-state index contributed by atoms with van der Waals surface area (Å²) >= 11 is 0. The lowest BCUT2D eigenvalue weighted by atomic mass is 10.0. The number of hydrogen-bond donors (Lipinski definition) is 1. The molecular weight excluding hydrogens is 176 g/mol. The first-order valence-corrected chi connectivity index (χ1v) is 5.83. The molecule has 3 nitrogen and oxygen atoms in total. The predicted molar refractivity (Wildman–Crippen MR) is 56.1 cm³/mol. The third kappa shape index (κ3) is 1.92. The molecule has 2 aliphatic heterocycles. The number of likely N-dealkylation sites (tertiary alicyclic amines) is 1. The van der Waals surface area contributed by atoms with E-state index in [1.165, 1.54) is 19.3 Å². The van der Waals surface area contributed by atoms with Crippen LogP contribution in [0.5, 0.6) is 0 Å². The van der Waals surface area contributed by atoms with Crippen LogP contribution < -0.4 is 5.32 Å². The Labute approximate surface area is 85.8 Å². The molecule has 2 rings (SSSR count). The van der Waals surface area contributed by atoms with Crippen LogP contribution in [0.1, 0.15) is 39.0 Å². The Balaban J connectivity index is 1.94. The highest BCUT2D eigenvalue weighted by Gasteiger charge is 2.30. The van der Waals surface area contributed by atoms with Crippen LogP contribution in [-0.2, 0) is 4.79 Å². The molecule has 14 heavy (non-hydrogen) atoms. The van der Waals surface area contributed by atoms with Crippen LogP contribution in [0.25, 0.3) is 0 Å². The molecule has 0 aromatic carbocycles. The Morgan fingerprint density at radius 2 is 2.14 bits per heavy atom. The first-order valence-electron chi connectivity index (χ1n) is 5.83. The van der Waals surface area contributed by atoms with Gasteiger partial charge in [-0.15, -0.1) is 0 Å². The molecule has 1 amide bonds. The number of nitrogens with one attached hydrogen (secondary N) is 1. The normalized spacial score (nSPS) is 33.4. The standard InChI is InChI=1S/C11H20N2O/c1-9-5-2-3-8-13(9)11(14)10-6-4-7-12-10/h9-10,12H,2-8H2,1H3/t9-,10+/m0/s1. The van der Waals surface area contributed by atoms with Crippen molar-refractivity contribution in [1.29, 1.82) is 0 Å². The Hall–Kier alpha value is -0.570. The van der Waals surface area contributed by atoms with Crippen molar-refractivity contribution in [2.24, 2.45) is 0 Å². The quantitative estimate of drug-likeness (QED) is 0.682. The van der Waals surface area contributed by atoms with Gasteiger partial charge in [0.2, 0.25) is 5.91 Å². The predicted octanol–water partition coefficient (Wildman–Crippen LogP) is 1.14. The summed E-state index contributed by atoms with van der Waals surface area (Å²) < 4.78 is 0. The molecule has 0 bridgehead atoms. The molecule has 0 unspecified atom stereocenters. The second-order valence-corrected chi connectivity index (χ2v) is 4.53. The van der Waals surface area contributed by atoms with Crippen LogP contribution in [0.3, 0.4) is 0 Å². The topological polar surface area (TPSA) is 32.3 Å². The largest absolute Gasteiger partial charge is 0.339 e. The molecule has 0 spiro atoms. The van der Waals surface area contributed by atoms with Crippen LogP contribution in [0.4, 0.5) is 0 Å². The van der Waals surface area contributed by atoms with E-state index in [4.69, 9.17) is 0 Å². The Morgan fingerprint density at radius 1 is 1.29 bits per heavy atom. The number of carbonyl (C=O) groups is 1. The van der Waals surface area contributed by atoms with Crippen molar-refractivity contribution >= 4 is 5.91 Å². The highest BCUT2D eigenvalue weighted by atomic mass is 16.2. The smallest absolute Gasteiger partial charge is 0.239 e. The van der Waals surface area contributed by atoms with Gasteiger partial charge in [0, 0.05) is 12.6 Å². The Kier molecular flexibility index (Phi) is 3.06. The fraction of sp³-hybridized carbons (Fsp3) is 0.909. The minimum Gasteiger partial charge on any atom is -0.339 e. The van der Waals surface area contributed by atoms with Crippen molar-refractivity contribution in [3.63, 3.8) is 0 Å². The molecule has 0 saturated carbocycles. The van der Waals surface area contributed by atoms with E-state index >= 15 is 0 Å². The van der Waals surface area contributed by atoms with E-state index in [9.17, 15) is 4.79 Å². The maximum atomic E-state index is 12.1. The van der Waals surface area contributed by atoms with E-state index in [2.05, 4.69) is 17.1 Å². The molecule has 0 aliphatic carbocycles. The third-order valence-electron chi connectivity index (χ3n) is 3.44. The van der Waals surface area contributed by atoms with Gasteiger partial charge in [-0.2, -0.15) is 0 Å². The van der Waals surface area contributed by atoms with Gasteiger partial charge in [-0.25, -0.2) is 0 Å². The molecule has 2 saturated heterocycles. The molecule has 2 atom stereocenters. The minimum absolute atomic E-state index is 0.121. The monoisotopic (exact) mass is 196 g/mol. The molecule has 0 radical (unpaired) electrons. The lowest BCUT2D eigenvalue weighted by molar-refractivity contribution is -0.136. The number of nitrogens with zero attached hydrogens (tertiary/aromatic N) is 1. The second-order valence-electron chi connectivity index (χ2n) is 4.53. The van der Waals surface area contributed by atoms with Gasteiger partial charge in [0.05, 0.1) is 6.04 Å². The number of piperidine rings is 1. The van der Waals surface area contributed by atoms with Gasteiger partial charge in [0.25, 0.3) is 0 Å². The van der Waals surface area contributed by atoms with Crippen molar-refractivity contribution < 1.29 is 4.79 Å². The highest BCUT2D eigenvalue weighted by molar-refractivity contribution is 5.82. The van der Waals surface area contributed by atoms with Crippen molar-refractivity contribution in [2.45, 2.75) is 51.1 Å². The van der Waals surface area contributed by atoms with E-state index < -0.39 is 0 Å². The van der Waals surface area contributed by atoms with Gasteiger partial charge in [-0.1, -0.05) is 0 Å². The van der Waals surface area contributed by atoms with Crippen molar-refractivity contribution in [2.75, 3.05) is 13.1 Å². The summed E-state index contributed by atoms with van der Waals surface area (Å²) in [7, 11) is 0. The molecule has 3 heteroatoms. The molecule has 0 aromatic heterocycles. The van der Waals surface area contributed by atoms with Crippen LogP contribution in [-0.4, -0.2) is 36.0 Å². The lowest BCUT2D eigenvalue weighted by Crippen LogP contribution is -2.49. The lowest BCUT2D eigenvalue weighted by Gasteiger charge is -2.35. The Bertz CT molecular complexity index is 211. The summed E-state index contributed by atoms with van der Waals surface area (Å²) in [6.45, 7) is 4.16. The van der Waals surface area contributed by atoms with Crippen LogP contribution in [0.2, 0.25) is 0 Å². The van der Waals surface area contributed by atoms with E-state index in [0.29, 0.717) is 11.9 Å². The maximum Gasteiger partial charge on any atom is 0.239 e. The van der Waals surface area contributed by atoms with Crippen LogP contribution >= 0.6 is 0 Å². The summed E-state index contributed by atoms with van der Waals surface area (Å²) in [5.41, 5.74) is 0. The summed E-state index contributed by atoms with van der Waals surface area (Å²) in [5, 5.41) is 3.28. The minimum atomic E-state index is 0.121. The number of rotatable bonds is 1. The number of hydrogen-bond acceptors (Lipinski definition) is 2. The average molecular weight is 196 g/mol. The van der Waals surface area contributed by atoms with Gasteiger partial charge >= 0.3 is 0 Å². The Morgan fingerprint density at radius 3 is 2.79 bits per heavy atom. The molecule has 0 aromatic rings. The molecule has 1 N–H and O–H groups in total. The molecule has 2 fully saturated rings. The van der Waals surface area contributed by atoms with E-state index in [0.717, 1.165) is 25.9 Å². The first-order chi connectivity index (χ1) is 6.79. The fourth-order valence-electron chi connectivity index (χ4n) is 2.52. The summed E-state index contributed by atoms with van der Waals surface area (Å²) in [5.74, 6) is 0.342. The van der Waals surface area contributed by atoms with Gasteiger partial charge in [-0.3, -0.25) is 4.79 Å². The molecular formula is C11H20N2O. The SMILES string of the molecule is C[C@H]1CCCCN1C(=O)[C@H]1CCCN1. The summed E-state index contributed by atoms with van der Waals surface area (Å²) in [6, 6.07) is 0.578. The van der Waals surface area contributed by atoms with Gasteiger partial charge in [0.15, 0.2) is 0 Å². The molecule has 80 valence electrons. The third-order valence-corrected chi connectivity index (χ3v) is 3.44. The summed E-state index contributed by atoms with van der Waals surface area (Å²) in [4.78, 5) is 14.2. The second kappa shape index (κ2) is 4.30.